The molecule has 4 N–H and O–H groups in total. The number of benzene rings is 3. The van der Waals surface area contributed by atoms with Crippen molar-refractivity contribution in [1.82, 2.24) is 0 Å². The van der Waals surface area contributed by atoms with E-state index in [0.717, 1.165) is 0 Å². The molecule has 0 aliphatic heterocycles. The maximum atomic E-state index is 13.3. The Kier molecular flexibility index (Phi) is 11.3. The molecule has 0 atom stereocenters. The summed E-state index contributed by atoms with van der Waals surface area (Å²) in [4.78, 5) is 49.0. The van der Waals surface area contributed by atoms with Gasteiger partial charge in [-0.1, -0.05) is 27.7 Å². The average Bonchev–Trinajstić information content (AvgIpc) is 2.95. The lowest BCUT2D eigenvalue weighted by Crippen LogP contribution is -2.17. The second-order valence-electron chi connectivity index (χ2n) is 11.2. The van der Waals surface area contributed by atoms with Crippen molar-refractivity contribution in [2.45, 2.75) is 47.6 Å². The molecule has 0 saturated heterocycles. The number of nitro benzene ring substituents is 1. The molecule has 0 radical (unpaired) electrons. The van der Waals surface area contributed by atoms with E-state index in [1.54, 1.807) is 19.9 Å². The molecule has 0 aliphatic rings. The first-order valence-corrected chi connectivity index (χ1v) is 14.2. The van der Waals surface area contributed by atoms with Gasteiger partial charge in [-0.25, -0.2) is 0 Å². The van der Waals surface area contributed by atoms with Crippen LogP contribution in [0.15, 0.2) is 54.6 Å². The smallest absolute Gasteiger partial charge is 0.310 e. The van der Waals surface area contributed by atoms with Crippen molar-refractivity contribution in [2.75, 3.05) is 23.8 Å². The number of anilines is 2. The van der Waals surface area contributed by atoms with Crippen LogP contribution in [0, 0.1) is 22.0 Å². The molecule has 3 amide bonds. The summed E-state index contributed by atoms with van der Waals surface area (Å²) in [6.07, 6.45) is -0.347. The average molecular weight is 607 g/mol. The van der Waals surface area contributed by atoms with Crippen molar-refractivity contribution in [1.29, 1.82) is 0 Å². The Morgan fingerprint density at radius 2 is 1.16 bits per heavy atom. The number of amides is 3. The number of nitro groups is 1. The lowest BCUT2D eigenvalue weighted by molar-refractivity contribution is -0.386. The molecule has 0 fully saturated rings. The molecule has 3 aromatic rings. The molecule has 3 rings (SSSR count). The van der Waals surface area contributed by atoms with E-state index in [1.165, 1.54) is 48.5 Å². The number of hydrogen-bond acceptors (Lipinski definition) is 8. The van der Waals surface area contributed by atoms with Crippen LogP contribution in [-0.2, 0) is 0 Å². The van der Waals surface area contributed by atoms with Gasteiger partial charge in [-0.05, 0) is 68.1 Å². The van der Waals surface area contributed by atoms with E-state index in [1.807, 2.05) is 27.7 Å². The summed E-state index contributed by atoms with van der Waals surface area (Å²) < 4.78 is 17.3. The normalized spacial score (nSPS) is 10.9. The molecule has 0 aromatic heterocycles. The highest BCUT2D eigenvalue weighted by Crippen LogP contribution is 2.32. The number of nitrogens with zero attached hydrogens (tertiary/aromatic N) is 1. The largest absolute Gasteiger partial charge is 0.491 e. The van der Waals surface area contributed by atoms with Gasteiger partial charge in [-0.3, -0.25) is 24.5 Å². The van der Waals surface area contributed by atoms with Gasteiger partial charge in [-0.2, -0.15) is 0 Å². The Labute approximate surface area is 256 Å². The van der Waals surface area contributed by atoms with Crippen LogP contribution in [0.25, 0.3) is 0 Å². The topological polar surface area (TPSA) is 172 Å². The second-order valence-corrected chi connectivity index (χ2v) is 11.2. The number of carbonyl (C=O) groups excluding carboxylic acids is 3. The Morgan fingerprint density at radius 1 is 0.727 bits per heavy atom. The first-order chi connectivity index (χ1) is 20.7. The second kappa shape index (κ2) is 14.9. The summed E-state index contributed by atoms with van der Waals surface area (Å²) in [5.41, 5.74) is 6.41. The summed E-state index contributed by atoms with van der Waals surface area (Å²) in [6.45, 7) is 12.0. The van der Waals surface area contributed by atoms with Gasteiger partial charge in [0.1, 0.15) is 11.5 Å². The van der Waals surface area contributed by atoms with Crippen LogP contribution in [0.2, 0.25) is 0 Å². The van der Waals surface area contributed by atoms with Crippen LogP contribution in [0.3, 0.4) is 0 Å². The molecule has 0 spiro atoms. The maximum absolute atomic E-state index is 13.3. The molecule has 12 nitrogen and oxygen atoms in total. The van der Waals surface area contributed by atoms with Crippen LogP contribution in [-0.4, -0.2) is 42.0 Å². The predicted molar refractivity (Wildman–Crippen MR) is 167 cm³/mol. The van der Waals surface area contributed by atoms with Gasteiger partial charge in [0.15, 0.2) is 5.75 Å². The zero-order chi connectivity index (χ0) is 32.6. The number of ether oxygens (including phenoxy) is 3. The van der Waals surface area contributed by atoms with Crippen molar-refractivity contribution >= 4 is 34.8 Å². The summed E-state index contributed by atoms with van der Waals surface area (Å²) in [7, 11) is 0. The van der Waals surface area contributed by atoms with E-state index in [-0.39, 0.29) is 51.8 Å². The minimum atomic E-state index is -0.626. The lowest BCUT2D eigenvalue weighted by atomic mass is 10.1. The molecule has 0 heterocycles. The minimum absolute atomic E-state index is 0.0263. The van der Waals surface area contributed by atoms with E-state index in [2.05, 4.69) is 10.6 Å². The van der Waals surface area contributed by atoms with Crippen LogP contribution in [0.1, 0.15) is 72.6 Å². The number of carbonyl (C=O) groups is 3. The van der Waals surface area contributed by atoms with Gasteiger partial charge < -0.3 is 30.6 Å². The zero-order valence-electron chi connectivity index (χ0n) is 25.6. The van der Waals surface area contributed by atoms with Gasteiger partial charge in [0, 0.05) is 28.8 Å². The number of nitrogens with one attached hydrogen (secondary N) is 2. The van der Waals surface area contributed by atoms with Gasteiger partial charge in [0.25, 0.3) is 11.8 Å². The first-order valence-electron chi connectivity index (χ1n) is 14.2. The standard InChI is InChI=1S/C32H38N4O8/c1-18(2)16-42-27-13-21(30(33)37)7-10-24(27)34-31(38)22-8-11-25(28(14-22)43-17-19(3)4)35-32(39)23-9-12-26(36(40)41)29(15-23)44-20(5)6/h7-15,18-20H,16-17H2,1-6H3,(H2,33,37)(H,34,38)(H,35,39). The van der Waals surface area contributed by atoms with E-state index in [9.17, 15) is 24.5 Å². The molecule has 12 heteroatoms. The van der Waals surface area contributed by atoms with Crippen molar-refractivity contribution in [3.05, 3.63) is 81.4 Å². The number of hydrogen-bond donors (Lipinski definition) is 3. The van der Waals surface area contributed by atoms with E-state index in [4.69, 9.17) is 19.9 Å². The van der Waals surface area contributed by atoms with Crippen molar-refractivity contribution < 1.29 is 33.5 Å². The predicted octanol–water partition coefficient (Wildman–Crippen LogP) is 6.06. The minimum Gasteiger partial charge on any atom is -0.491 e. The molecule has 234 valence electrons. The van der Waals surface area contributed by atoms with Crippen LogP contribution < -0.4 is 30.6 Å². The third-order valence-corrected chi connectivity index (χ3v) is 5.93. The Hall–Kier alpha value is -5.13. The van der Waals surface area contributed by atoms with Crippen molar-refractivity contribution in [2.24, 2.45) is 17.6 Å². The summed E-state index contributed by atoms with van der Waals surface area (Å²) in [5.74, 6) is -0.801. The molecule has 0 saturated carbocycles. The van der Waals surface area contributed by atoms with Gasteiger partial charge in [0.05, 0.1) is 35.6 Å². The molecule has 3 aromatic carbocycles. The zero-order valence-corrected chi connectivity index (χ0v) is 25.6. The van der Waals surface area contributed by atoms with E-state index < -0.39 is 22.6 Å². The quantitative estimate of drug-likeness (QED) is 0.147. The van der Waals surface area contributed by atoms with E-state index >= 15 is 0 Å². The van der Waals surface area contributed by atoms with Crippen molar-refractivity contribution in [3.63, 3.8) is 0 Å². The number of nitrogens with two attached hydrogens (primary N) is 1. The third-order valence-electron chi connectivity index (χ3n) is 5.93. The summed E-state index contributed by atoms with van der Waals surface area (Å²) >= 11 is 0. The molecule has 0 aliphatic carbocycles. The number of primary amides is 1. The first kappa shape index (κ1) is 33.4. The van der Waals surface area contributed by atoms with Gasteiger partial charge >= 0.3 is 5.69 Å². The van der Waals surface area contributed by atoms with Crippen molar-refractivity contribution in [3.8, 4) is 17.2 Å². The Morgan fingerprint density at radius 3 is 1.59 bits per heavy atom. The number of rotatable bonds is 14. The molecular weight excluding hydrogens is 568 g/mol. The molecule has 44 heavy (non-hydrogen) atoms. The van der Waals surface area contributed by atoms with Crippen LogP contribution in [0.4, 0.5) is 17.1 Å². The fraction of sp³-hybridized carbons (Fsp3) is 0.344. The Balaban J connectivity index is 1.90. The highest BCUT2D eigenvalue weighted by atomic mass is 16.6. The lowest BCUT2D eigenvalue weighted by Gasteiger charge is -2.17. The Bertz CT molecular complexity index is 1530. The maximum Gasteiger partial charge on any atom is 0.310 e. The third kappa shape index (κ3) is 9.18. The van der Waals surface area contributed by atoms with Crippen LogP contribution in [0.5, 0.6) is 17.2 Å². The SMILES string of the molecule is CC(C)COc1cc(C(N)=O)ccc1NC(=O)c1ccc(NC(=O)c2ccc([N+](=O)[O-])c(OC(C)C)c2)c(OCC(C)C)c1. The summed E-state index contributed by atoms with van der Waals surface area (Å²) in [6, 6.07) is 12.9. The molecular formula is C32H38N4O8. The van der Waals surface area contributed by atoms with Gasteiger partial charge in [0.2, 0.25) is 5.91 Å². The van der Waals surface area contributed by atoms with Gasteiger partial charge in [-0.15, -0.1) is 0 Å². The monoisotopic (exact) mass is 606 g/mol. The fourth-order valence-electron chi connectivity index (χ4n) is 3.84. The highest BCUT2D eigenvalue weighted by molar-refractivity contribution is 6.08. The fourth-order valence-corrected chi connectivity index (χ4v) is 3.84. The molecule has 0 unspecified atom stereocenters. The highest BCUT2D eigenvalue weighted by Gasteiger charge is 2.21. The summed E-state index contributed by atoms with van der Waals surface area (Å²) in [5, 5.41) is 17.0. The van der Waals surface area contributed by atoms with Crippen LogP contribution >= 0.6 is 0 Å². The molecule has 0 bridgehead atoms. The van der Waals surface area contributed by atoms with E-state index in [0.29, 0.717) is 30.3 Å².